The summed E-state index contributed by atoms with van der Waals surface area (Å²) in [5.74, 6) is 0. The van der Waals surface area contributed by atoms with Crippen molar-refractivity contribution >= 4 is 0 Å². The van der Waals surface area contributed by atoms with Crippen LogP contribution in [0.1, 0.15) is 30.8 Å². The number of aliphatic hydroxyl groups excluding tert-OH is 1. The number of hydrogen-bond donors (Lipinski definition) is 1. The number of rotatable bonds is 7. The third-order valence-electron chi connectivity index (χ3n) is 2.72. The molecule has 1 aromatic rings. The highest BCUT2D eigenvalue weighted by Gasteiger charge is 2.15. The van der Waals surface area contributed by atoms with Gasteiger partial charge in [-0.2, -0.15) is 5.10 Å². The number of aryl methyl sites for hydroxylation is 1. The summed E-state index contributed by atoms with van der Waals surface area (Å²) in [6.07, 6.45) is -0.283. The summed E-state index contributed by atoms with van der Waals surface area (Å²) >= 11 is 0. The van der Waals surface area contributed by atoms with E-state index in [9.17, 15) is 5.11 Å². The Labute approximate surface area is 102 Å². The van der Waals surface area contributed by atoms with E-state index in [-0.39, 0.29) is 12.9 Å². The van der Waals surface area contributed by atoms with Gasteiger partial charge in [0.05, 0.1) is 18.8 Å². The van der Waals surface area contributed by atoms with E-state index in [1.165, 1.54) is 0 Å². The van der Waals surface area contributed by atoms with Crippen molar-refractivity contribution in [1.82, 2.24) is 9.78 Å². The standard InChI is InChI=1S/C12H22N2O3/c1-5-16-12(17-6-2)7-14-10(4)11(8-15)9(3)13-14/h12,15H,5-8H2,1-4H3. The second-order valence-electron chi connectivity index (χ2n) is 3.83. The average Bonchev–Trinajstić information content (AvgIpc) is 2.54. The van der Waals surface area contributed by atoms with Crippen molar-refractivity contribution in [1.29, 1.82) is 0 Å². The van der Waals surface area contributed by atoms with Crippen LogP contribution in [0.25, 0.3) is 0 Å². The topological polar surface area (TPSA) is 56.5 Å². The largest absolute Gasteiger partial charge is 0.392 e. The summed E-state index contributed by atoms with van der Waals surface area (Å²) in [5.41, 5.74) is 2.71. The summed E-state index contributed by atoms with van der Waals surface area (Å²) < 4.78 is 12.8. The van der Waals surface area contributed by atoms with Gasteiger partial charge in [-0.05, 0) is 27.7 Å². The van der Waals surface area contributed by atoms with Crippen LogP contribution in [-0.4, -0.2) is 34.4 Å². The Balaban J connectivity index is 2.78. The van der Waals surface area contributed by atoms with Gasteiger partial charge in [-0.15, -0.1) is 0 Å². The molecule has 0 amide bonds. The lowest BCUT2D eigenvalue weighted by atomic mass is 10.2. The molecular weight excluding hydrogens is 220 g/mol. The summed E-state index contributed by atoms with van der Waals surface area (Å²) in [6, 6.07) is 0. The average molecular weight is 242 g/mol. The number of aliphatic hydroxyl groups is 1. The number of nitrogens with zero attached hydrogens (tertiary/aromatic N) is 2. The van der Waals surface area contributed by atoms with E-state index >= 15 is 0 Å². The van der Waals surface area contributed by atoms with Crippen LogP contribution in [0.15, 0.2) is 0 Å². The van der Waals surface area contributed by atoms with E-state index in [0.29, 0.717) is 19.8 Å². The van der Waals surface area contributed by atoms with Crippen molar-refractivity contribution in [2.24, 2.45) is 0 Å². The highest BCUT2D eigenvalue weighted by atomic mass is 16.7. The molecule has 0 unspecified atom stereocenters. The van der Waals surface area contributed by atoms with E-state index in [2.05, 4.69) is 5.10 Å². The second kappa shape index (κ2) is 6.74. The molecule has 5 heteroatoms. The molecule has 0 aliphatic rings. The lowest BCUT2D eigenvalue weighted by Crippen LogP contribution is -2.25. The molecule has 5 nitrogen and oxygen atoms in total. The Kier molecular flexibility index (Phi) is 5.61. The molecule has 0 radical (unpaired) electrons. The maximum absolute atomic E-state index is 9.24. The van der Waals surface area contributed by atoms with E-state index in [4.69, 9.17) is 9.47 Å². The van der Waals surface area contributed by atoms with Crippen molar-refractivity contribution in [2.45, 2.75) is 47.1 Å². The van der Waals surface area contributed by atoms with Gasteiger partial charge in [0.25, 0.3) is 0 Å². The Bertz CT molecular complexity index is 344. The Morgan fingerprint density at radius 1 is 1.24 bits per heavy atom. The predicted molar refractivity (Wildman–Crippen MR) is 64.7 cm³/mol. The van der Waals surface area contributed by atoms with Crippen molar-refractivity contribution in [3.05, 3.63) is 17.0 Å². The highest BCUT2D eigenvalue weighted by Crippen LogP contribution is 2.14. The molecule has 1 rings (SSSR count). The van der Waals surface area contributed by atoms with Crippen molar-refractivity contribution in [3.8, 4) is 0 Å². The number of hydrogen-bond acceptors (Lipinski definition) is 4. The first-order valence-electron chi connectivity index (χ1n) is 6.00. The molecular formula is C12H22N2O3. The molecule has 0 saturated carbocycles. The molecule has 0 aliphatic carbocycles. The summed E-state index contributed by atoms with van der Waals surface area (Å²) in [4.78, 5) is 0. The minimum absolute atomic E-state index is 0.0194. The third-order valence-corrected chi connectivity index (χ3v) is 2.72. The van der Waals surface area contributed by atoms with Gasteiger partial charge in [-0.3, -0.25) is 4.68 Å². The Morgan fingerprint density at radius 3 is 2.24 bits per heavy atom. The zero-order valence-electron chi connectivity index (χ0n) is 11.1. The smallest absolute Gasteiger partial charge is 0.176 e. The van der Waals surface area contributed by atoms with Gasteiger partial charge in [-0.25, -0.2) is 0 Å². The zero-order valence-corrected chi connectivity index (χ0v) is 11.1. The van der Waals surface area contributed by atoms with Crippen molar-refractivity contribution in [3.63, 3.8) is 0 Å². The monoisotopic (exact) mass is 242 g/mol. The third kappa shape index (κ3) is 3.52. The van der Waals surface area contributed by atoms with Gasteiger partial charge in [-0.1, -0.05) is 0 Å². The fourth-order valence-electron chi connectivity index (χ4n) is 1.81. The Hall–Kier alpha value is -0.910. The quantitative estimate of drug-likeness (QED) is 0.734. The second-order valence-corrected chi connectivity index (χ2v) is 3.83. The van der Waals surface area contributed by atoms with Gasteiger partial charge in [0.2, 0.25) is 0 Å². The van der Waals surface area contributed by atoms with Gasteiger partial charge < -0.3 is 14.6 Å². The van der Waals surface area contributed by atoms with Crippen LogP contribution in [0.2, 0.25) is 0 Å². The fourth-order valence-corrected chi connectivity index (χ4v) is 1.81. The van der Waals surface area contributed by atoms with Gasteiger partial charge >= 0.3 is 0 Å². The molecule has 0 bridgehead atoms. The SMILES string of the molecule is CCOC(Cn1nc(C)c(CO)c1C)OCC. The van der Waals surface area contributed by atoms with E-state index in [1.54, 1.807) is 0 Å². The molecule has 0 saturated heterocycles. The molecule has 0 spiro atoms. The lowest BCUT2D eigenvalue weighted by Gasteiger charge is -2.17. The van der Waals surface area contributed by atoms with Gasteiger partial charge in [0, 0.05) is 24.5 Å². The van der Waals surface area contributed by atoms with E-state index in [0.717, 1.165) is 17.0 Å². The Morgan fingerprint density at radius 2 is 1.82 bits per heavy atom. The molecule has 0 atom stereocenters. The van der Waals surface area contributed by atoms with Gasteiger partial charge in [0.1, 0.15) is 0 Å². The van der Waals surface area contributed by atoms with Crippen LogP contribution in [0.3, 0.4) is 0 Å². The predicted octanol–water partition coefficient (Wildman–Crippen LogP) is 1.39. The number of aromatic nitrogens is 2. The summed E-state index contributed by atoms with van der Waals surface area (Å²) in [5, 5.41) is 13.6. The summed E-state index contributed by atoms with van der Waals surface area (Å²) in [7, 11) is 0. The molecule has 0 aromatic carbocycles. The minimum Gasteiger partial charge on any atom is -0.392 e. The molecule has 98 valence electrons. The molecule has 0 aliphatic heterocycles. The number of ether oxygens (including phenoxy) is 2. The van der Waals surface area contributed by atoms with E-state index in [1.807, 2.05) is 32.4 Å². The first-order valence-corrected chi connectivity index (χ1v) is 6.00. The minimum atomic E-state index is -0.283. The zero-order chi connectivity index (χ0) is 12.8. The molecule has 1 heterocycles. The van der Waals surface area contributed by atoms with Crippen LogP contribution in [0.5, 0.6) is 0 Å². The molecule has 1 N–H and O–H groups in total. The van der Waals surface area contributed by atoms with Crippen LogP contribution in [0, 0.1) is 13.8 Å². The maximum atomic E-state index is 9.24. The van der Waals surface area contributed by atoms with Crippen LogP contribution >= 0.6 is 0 Å². The van der Waals surface area contributed by atoms with Crippen molar-refractivity contribution < 1.29 is 14.6 Å². The molecule has 0 fully saturated rings. The summed E-state index contributed by atoms with van der Waals surface area (Å²) in [6.45, 7) is 9.50. The van der Waals surface area contributed by atoms with Crippen LogP contribution < -0.4 is 0 Å². The lowest BCUT2D eigenvalue weighted by molar-refractivity contribution is -0.145. The fraction of sp³-hybridized carbons (Fsp3) is 0.750. The highest BCUT2D eigenvalue weighted by molar-refractivity contribution is 5.23. The van der Waals surface area contributed by atoms with Crippen LogP contribution in [0.4, 0.5) is 0 Å². The first-order chi connectivity index (χ1) is 8.13. The van der Waals surface area contributed by atoms with Crippen LogP contribution in [-0.2, 0) is 22.6 Å². The molecule has 17 heavy (non-hydrogen) atoms. The molecule has 1 aromatic heterocycles. The first kappa shape index (κ1) is 14.2. The maximum Gasteiger partial charge on any atom is 0.176 e. The van der Waals surface area contributed by atoms with Crippen molar-refractivity contribution in [2.75, 3.05) is 13.2 Å². The normalized spacial score (nSPS) is 11.4. The van der Waals surface area contributed by atoms with Gasteiger partial charge in [0.15, 0.2) is 6.29 Å². The van der Waals surface area contributed by atoms with E-state index < -0.39 is 0 Å².